The summed E-state index contributed by atoms with van der Waals surface area (Å²) in [5.74, 6) is 0.732. The standard InChI is InChI=1S/C16H36N2/c1-13(2)11-15(5,6)18(10)16(7,8)12-14(3,4)17-9/h13,17H,11-12H2,1-10H3. The molecule has 0 bridgehead atoms. The number of nitrogens with zero attached hydrogens (tertiary/aromatic N) is 1. The third-order valence-electron chi connectivity index (χ3n) is 4.28. The zero-order valence-corrected chi connectivity index (χ0v) is 14.4. The molecule has 0 heterocycles. The first-order valence-electron chi connectivity index (χ1n) is 7.27. The van der Waals surface area contributed by atoms with Gasteiger partial charge < -0.3 is 5.32 Å². The molecule has 110 valence electrons. The van der Waals surface area contributed by atoms with Gasteiger partial charge in [0, 0.05) is 16.6 Å². The first kappa shape index (κ1) is 17.9. The number of hydrogen-bond acceptors (Lipinski definition) is 2. The maximum absolute atomic E-state index is 3.42. The Hall–Kier alpha value is -0.0800. The van der Waals surface area contributed by atoms with E-state index in [2.05, 4.69) is 79.7 Å². The second-order valence-electron chi connectivity index (χ2n) is 8.09. The molecule has 2 nitrogen and oxygen atoms in total. The third-order valence-corrected chi connectivity index (χ3v) is 4.28. The molecule has 0 saturated carbocycles. The molecule has 0 rings (SSSR count). The number of hydrogen-bond donors (Lipinski definition) is 1. The second-order valence-corrected chi connectivity index (χ2v) is 8.09. The summed E-state index contributed by atoms with van der Waals surface area (Å²) in [6, 6.07) is 0. The van der Waals surface area contributed by atoms with Gasteiger partial charge in [-0.3, -0.25) is 4.90 Å². The number of rotatable bonds is 7. The summed E-state index contributed by atoms with van der Waals surface area (Å²) >= 11 is 0. The summed E-state index contributed by atoms with van der Waals surface area (Å²) in [5, 5.41) is 3.42. The van der Waals surface area contributed by atoms with Crippen molar-refractivity contribution in [1.82, 2.24) is 10.2 Å². The molecule has 0 saturated heterocycles. The topological polar surface area (TPSA) is 15.3 Å². The summed E-state index contributed by atoms with van der Waals surface area (Å²) in [5.41, 5.74) is 0.595. The fraction of sp³-hybridized carbons (Fsp3) is 1.00. The molecule has 0 aromatic rings. The predicted octanol–water partition coefficient (Wildman–Crippen LogP) is 3.91. The van der Waals surface area contributed by atoms with Crippen LogP contribution in [0.5, 0.6) is 0 Å². The van der Waals surface area contributed by atoms with Gasteiger partial charge in [-0.25, -0.2) is 0 Å². The third kappa shape index (κ3) is 5.27. The van der Waals surface area contributed by atoms with Gasteiger partial charge in [0.25, 0.3) is 0 Å². The van der Waals surface area contributed by atoms with Crippen molar-refractivity contribution in [3.8, 4) is 0 Å². The van der Waals surface area contributed by atoms with E-state index in [-0.39, 0.29) is 16.6 Å². The van der Waals surface area contributed by atoms with Crippen LogP contribution >= 0.6 is 0 Å². The van der Waals surface area contributed by atoms with E-state index in [4.69, 9.17) is 0 Å². The molecule has 0 radical (unpaired) electrons. The molecule has 0 amide bonds. The molecule has 0 aromatic carbocycles. The Bertz CT molecular complexity index is 252. The molecule has 1 N–H and O–H groups in total. The highest BCUT2D eigenvalue weighted by Gasteiger charge is 2.38. The maximum Gasteiger partial charge on any atom is 0.0172 e. The van der Waals surface area contributed by atoms with Gasteiger partial charge >= 0.3 is 0 Å². The van der Waals surface area contributed by atoms with E-state index in [9.17, 15) is 0 Å². The molecule has 0 aromatic heterocycles. The predicted molar refractivity (Wildman–Crippen MR) is 83.1 cm³/mol. The van der Waals surface area contributed by atoms with Crippen molar-refractivity contribution in [3.05, 3.63) is 0 Å². The summed E-state index contributed by atoms with van der Waals surface area (Å²) in [6.07, 6.45) is 2.36. The van der Waals surface area contributed by atoms with Crippen LogP contribution in [0.15, 0.2) is 0 Å². The van der Waals surface area contributed by atoms with Crippen LogP contribution in [0.2, 0.25) is 0 Å². The minimum absolute atomic E-state index is 0.172. The van der Waals surface area contributed by atoms with E-state index in [1.807, 2.05) is 0 Å². The highest BCUT2D eigenvalue weighted by Crippen LogP contribution is 2.33. The molecule has 0 aliphatic heterocycles. The van der Waals surface area contributed by atoms with E-state index < -0.39 is 0 Å². The first-order valence-corrected chi connectivity index (χ1v) is 7.27. The molecule has 18 heavy (non-hydrogen) atoms. The molecule has 0 spiro atoms. The summed E-state index contributed by atoms with van der Waals surface area (Å²) in [6.45, 7) is 18.6. The van der Waals surface area contributed by atoms with Gasteiger partial charge in [0.1, 0.15) is 0 Å². The highest BCUT2D eigenvalue weighted by atomic mass is 15.2. The normalized spacial score (nSPS) is 14.7. The van der Waals surface area contributed by atoms with Gasteiger partial charge in [0.2, 0.25) is 0 Å². The second kappa shape index (κ2) is 5.92. The molecule has 0 aliphatic rings. The summed E-state index contributed by atoms with van der Waals surface area (Å²) < 4.78 is 0. The first-order chi connectivity index (χ1) is 7.84. The van der Waals surface area contributed by atoms with Crippen molar-refractivity contribution in [1.29, 1.82) is 0 Å². The quantitative estimate of drug-likeness (QED) is 0.743. The summed E-state index contributed by atoms with van der Waals surface area (Å²) in [4.78, 5) is 2.55. The SMILES string of the molecule is CNC(C)(C)CC(C)(C)N(C)C(C)(C)CC(C)C. The van der Waals surface area contributed by atoms with Crippen molar-refractivity contribution < 1.29 is 0 Å². The van der Waals surface area contributed by atoms with E-state index in [1.54, 1.807) is 0 Å². The highest BCUT2D eigenvalue weighted by molar-refractivity contribution is 4.95. The van der Waals surface area contributed by atoms with Crippen LogP contribution in [-0.2, 0) is 0 Å². The van der Waals surface area contributed by atoms with Gasteiger partial charge in [-0.1, -0.05) is 13.8 Å². The van der Waals surface area contributed by atoms with Crippen LogP contribution in [0.25, 0.3) is 0 Å². The van der Waals surface area contributed by atoms with Crippen LogP contribution in [0.1, 0.15) is 68.2 Å². The molecular formula is C16H36N2. The van der Waals surface area contributed by atoms with Gasteiger partial charge in [-0.2, -0.15) is 0 Å². The Kier molecular flexibility index (Phi) is 5.89. The van der Waals surface area contributed by atoms with Crippen molar-refractivity contribution in [2.24, 2.45) is 5.92 Å². The lowest BCUT2D eigenvalue weighted by Gasteiger charge is -2.50. The van der Waals surface area contributed by atoms with E-state index >= 15 is 0 Å². The van der Waals surface area contributed by atoms with Crippen LogP contribution in [0, 0.1) is 5.92 Å². The Morgan fingerprint density at radius 3 is 1.72 bits per heavy atom. The maximum atomic E-state index is 3.42. The fourth-order valence-electron chi connectivity index (χ4n) is 3.24. The van der Waals surface area contributed by atoms with Gasteiger partial charge in [0.15, 0.2) is 0 Å². The molecule has 0 unspecified atom stereocenters. The van der Waals surface area contributed by atoms with Crippen LogP contribution < -0.4 is 5.32 Å². The van der Waals surface area contributed by atoms with Crippen LogP contribution in [-0.4, -0.2) is 35.6 Å². The lowest BCUT2D eigenvalue weighted by Crippen LogP contribution is -2.57. The lowest BCUT2D eigenvalue weighted by molar-refractivity contribution is 0.0125. The monoisotopic (exact) mass is 256 g/mol. The fourth-order valence-corrected chi connectivity index (χ4v) is 3.24. The average molecular weight is 256 g/mol. The smallest absolute Gasteiger partial charge is 0.0172 e. The largest absolute Gasteiger partial charge is 0.315 e. The summed E-state index contributed by atoms with van der Waals surface area (Å²) in [7, 11) is 4.32. The van der Waals surface area contributed by atoms with Crippen molar-refractivity contribution in [3.63, 3.8) is 0 Å². The van der Waals surface area contributed by atoms with Gasteiger partial charge in [-0.15, -0.1) is 0 Å². The van der Waals surface area contributed by atoms with Crippen molar-refractivity contribution in [2.45, 2.75) is 84.8 Å². The molecular weight excluding hydrogens is 220 g/mol. The van der Waals surface area contributed by atoms with E-state index in [0.717, 1.165) is 12.3 Å². The van der Waals surface area contributed by atoms with Gasteiger partial charge in [-0.05, 0) is 74.4 Å². The zero-order chi connectivity index (χ0) is 14.8. The molecule has 0 atom stereocenters. The zero-order valence-electron chi connectivity index (χ0n) is 14.4. The van der Waals surface area contributed by atoms with E-state index in [0.29, 0.717) is 0 Å². The minimum Gasteiger partial charge on any atom is -0.315 e. The Balaban J connectivity index is 4.89. The van der Waals surface area contributed by atoms with Gasteiger partial charge in [0.05, 0.1) is 0 Å². The Labute approximate surface area is 116 Å². The molecule has 2 heteroatoms. The Morgan fingerprint density at radius 2 is 1.39 bits per heavy atom. The minimum atomic E-state index is 0.172. The van der Waals surface area contributed by atoms with Crippen LogP contribution in [0.4, 0.5) is 0 Å². The molecule has 0 aliphatic carbocycles. The number of nitrogens with one attached hydrogen (secondary N) is 1. The van der Waals surface area contributed by atoms with Crippen molar-refractivity contribution in [2.75, 3.05) is 14.1 Å². The van der Waals surface area contributed by atoms with Crippen LogP contribution in [0.3, 0.4) is 0 Å². The molecule has 0 fully saturated rings. The van der Waals surface area contributed by atoms with Crippen molar-refractivity contribution >= 4 is 0 Å². The lowest BCUT2D eigenvalue weighted by atomic mass is 9.81. The van der Waals surface area contributed by atoms with E-state index in [1.165, 1.54) is 6.42 Å². The average Bonchev–Trinajstić information content (AvgIpc) is 2.13. The Morgan fingerprint density at radius 1 is 0.944 bits per heavy atom.